The Morgan fingerprint density at radius 3 is 2.52 bits per heavy atom. The molecule has 0 amide bonds. The average Bonchev–Trinajstić information content (AvgIpc) is 3.00. The Balaban J connectivity index is 2.34. The van der Waals surface area contributed by atoms with Crippen LogP contribution in [0.15, 0.2) is 24.3 Å². The van der Waals surface area contributed by atoms with Gasteiger partial charge in [0.1, 0.15) is 0 Å². The molecule has 1 aromatic carbocycles. The monoisotopic (exact) mass is 434 g/mol. The van der Waals surface area contributed by atoms with Crippen molar-refractivity contribution in [2.24, 2.45) is 0 Å². The molecule has 1 aliphatic rings. The van der Waals surface area contributed by atoms with Crippen LogP contribution in [0.2, 0.25) is 30.7 Å². The summed E-state index contributed by atoms with van der Waals surface area (Å²) in [6.07, 6.45) is 0. The third kappa shape index (κ3) is 5.91. The lowest BCUT2D eigenvalue weighted by Crippen LogP contribution is -2.42. The standard InChI is InChI=1S/C16H23ClN2O2S3Si/c1-25(2,3)10-9-24(20,21)19-15(13-5-4-6-14(17)11-13)16(12-18)22-7-8-23-16/h4-6,11,15,19H,7-10H2,1-3H3/t15-/m0/s1. The molecule has 0 aromatic heterocycles. The molecule has 138 valence electrons. The fourth-order valence-corrected chi connectivity index (χ4v) is 10.1. The fourth-order valence-electron chi connectivity index (χ4n) is 2.45. The first kappa shape index (κ1) is 21.1. The predicted molar refractivity (Wildman–Crippen MR) is 113 cm³/mol. The molecule has 1 heterocycles. The van der Waals surface area contributed by atoms with Gasteiger partial charge in [-0.1, -0.05) is 43.4 Å². The molecular formula is C16H23ClN2O2S3Si. The van der Waals surface area contributed by atoms with Crippen molar-refractivity contribution in [1.82, 2.24) is 4.72 Å². The summed E-state index contributed by atoms with van der Waals surface area (Å²) in [6, 6.07) is 9.52. The Kier molecular flexibility index (Phi) is 6.96. The molecule has 0 radical (unpaired) electrons. The highest BCUT2D eigenvalue weighted by molar-refractivity contribution is 8.21. The highest BCUT2D eigenvalue weighted by Gasteiger charge is 2.46. The highest BCUT2D eigenvalue weighted by Crippen LogP contribution is 2.51. The molecule has 1 aliphatic heterocycles. The minimum Gasteiger partial charge on any atom is -0.212 e. The van der Waals surface area contributed by atoms with E-state index in [0.29, 0.717) is 11.1 Å². The summed E-state index contributed by atoms with van der Waals surface area (Å²) in [6.45, 7) is 6.45. The van der Waals surface area contributed by atoms with Gasteiger partial charge in [-0.15, -0.1) is 23.5 Å². The summed E-state index contributed by atoms with van der Waals surface area (Å²) in [4.78, 5) is 0. The third-order valence-corrected chi connectivity index (χ3v) is 10.8. The van der Waals surface area contributed by atoms with Crippen LogP contribution in [-0.4, -0.2) is 37.8 Å². The van der Waals surface area contributed by atoms with E-state index in [2.05, 4.69) is 30.4 Å². The molecule has 9 heteroatoms. The van der Waals surface area contributed by atoms with Crippen molar-refractivity contribution in [2.45, 2.75) is 35.8 Å². The van der Waals surface area contributed by atoms with Crippen LogP contribution in [0.1, 0.15) is 11.6 Å². The Bertz CT molecular complexity index is 753. The van der Waals surface area contributed by atoms with Crippen molar-refractivity contribution in [2.75, 3.05) is 17.3 Å². The largest absolute Gasteiger partial charge is 0.212 e. The van der Waals surface area contributed by atoms with Crippen molar-refractivity contribution >= 4 is 53.2 Å². The predicted octanol–water partition coefficient (Wildman–Crippen LogP) is 4.34. The lowest BCUT2D eigenvalue weighted by molar-refractivity contribution is 0.557. The van der Waals surface area contributed by atoms with Gasteiger partial charge in [0.25, 0.3) is 0 Å². The van der Waals surface area contributed by atoms with Crippen molar-refractivity contribution in [3.05, 3.63) is 34.9 Å². The van der Waals surface area contributed by atoms with Crippen LogP contribution in [0.4, 0.5) is 0 Å². The van der Waals surface area contributed by atoms with E-state index in [-0.39, 0.29) is 5.75 Å². The maximum absolute atomic E-state index is 12.7. The van der Waals surface area contributed by atoms with Gasteiger partial charge in [-0.05, 0) is 23.7 Å². The number of thioether (sulfide) groups is 2. The number of hydrogen-bond acceptors (Lipinski definition) is 5. The van der Waals surface area contributed by atoms with Crippen LogP contribution >= 0.6 is 35.1 Å². The number of sulfonamides is 1. The van der Waals surface area contributed by atoms with E-state index >= 15 is 0 Å². The number of nitriles is 1. The van der Waals surface area contributed by atoms with Gasteiger partial charge in [0.05, 0.1) is 17.9 Å². The summed E-state index contributed by atoms with van der Waals surface area (Å²) >= 11 is 9.12. The van der Waals surface area contributed by atoms with Gasteiger partial charge in [-0.25, -0.2) is 13.1 Å². The Morgan fingerprint density at radius 2 is 2.00 bits per heavy atom. The molecule has 2 rings (SSSR count). The van der Waals surface area contributed by atoms with E-state index in [0.717, 1.165) is 17.1 Å². The van der Waals surface area contributed by atoms with Crippen LogP contribution in [0.25, 0.3) is 0 Å². The van der Waals surface area contributed by atoms with E-state index in [4.69, 9.17) is 11.6 Å². The summed E-state index contributed by atoms with van der Waals surface area (Å²) in [7, 11) is -4.98. The summed E-state index contributed by atoms with van der Waals surface area (Å²) in [5.41, 5.74) is 0.729. The first-order valence-corrected chi connectivity index (χ1v) is 15.7. The van der Waals surface area contributed by atoms with E-state index in [1.165, 1.54) is 23.5 Å². The molecule has 25 heavy (non-hydrogen) atoms. The van der Waals surface area contributed by atoms with E-state index in [1.807, 2.05) is 6.07 Å². The Labute approximate surface area is 165 Å². The Morgan fingerprint density at radius 1 is 1.36 bits per heavy atom. The van der Waals surface area contributed by atoms with Crippen LogP contribution in [0.3, 0.4) is 0 Å². The molecule has 0 bridgehead atoms. The quantitative estimate of drug-likeness (QED) is 0.646. The SMILES string of the molecule is C[Si](C)(C)CCS(=O)(=O)N[C@@H](c1cccc(Cl)c1)C1(C#N)SCCS1. The van der Waals surface area contributed by atoms with Crippen LogP contribution < -0.4 is 4.72 Å². The molecular weight excluding hydrogens is 412 g/mol. The molecule has 4 nitrogen and oxygen atoms in total. The zero-order chi connectivity index (χ0) is 18.7. The molecule has 0 unspecified atom stereocenters. The van der Waals surface area contributed by atoms with Gasteiger partial charge in [0.2, 0.25) is 10.0 Å². The van der Waals surface area contributed by atoms with Crippen molar-refractivity contribution in [3.63, 3.8) is 0 Å². The number of hydrogen-bond donors (Lipinski definition) is 1. The van der Waals surface area contributed by atoms with Gasteiger partial charge >= 0.3 is 0 Å². The average molecular weight is 435 g/mol. The number of benzene rings is 1. The minimum atomic E-state index is -3.50. The first-order chi connectivity index (χ1) is 11.6. The van der Waals surface area contributed by atoms with Gasteiger partial charge in [0, 0.05) is 24.6 Å². The van der Waals surface area contributed by atoms with E-state index < -0.39 is 28.2 Å². The van der Waals surface area contributed by atoms with Crippen molar-refractivity contribution in [1.29, 1.82) is 5.26 Å². The second kappa shape index (κ2) is 8.24. The summed E-state index contributed by atoms with van der Waals surface area (Å²) in [5.74, 6) is 1.74. The van der Waals surface area contributed by atoms with Gasteiger partial charge in [0.15, 0.2) is 4.08 Å². The molecule has 1 fully saturated rings. The van der Waals surface area contributed by atoms with Crippen LogP contribution in [-0.2, 0) is 10.0 Å². The Hall–Kier alpha value is -0.173. The number of rotatable bonds is 7. The number of halogens is 1. The maximum atomic E-state index is 12.7. The first-order valence-electron chi connectivity index (χ1n) is 8.02. The fraction of sp³-hybridized carbons (Fsp3) is 0.562. The maximum Gasteiger partial charge on any atom is 0.211 e. The smallest absolute Gasteiger partial charge is 0.211 e. The second-order valence-corrected chi connectivity index (χ2v) is 18.1. The zero-order valence-electron chi connectivity index (χ0n) is 14.6. The van der Waals surface area contributed by atoms with E-state index in [1.54, 1.807) is 18.2 Å². The topological polar surface area (TPSA) is 70.0 Å². The van der Waals surface area contributed by atoms with Crippen molar-refractivity contribution in [3.8, 4) is 6.07 Å². The summed E-state index contributed by atoms with van der Waals surface area (Å²) < 4.78 is 27.4. The molecule has 1 saturated heterocycles. The zero-order valence-corrected chi connectivity index (χ0v) is 18.8. The van der Waals surface area contributed by atoms with Gasteiger partial charge in [-0.2, -0.15) is 5.26 Å². The lowest BCUT2D eigenvalue weighted by Gasteiger charge is -2.31. The van der Waals surface area contributed by atoms with E-state index in [9.17, 15) is 13.7 Å². The normalized spacial score (nSPS) is 18.7. The van der Waals surface area contributed by atoms with Crippen LogP contribution in [0.5, 0.6) is 0 Å². The van der Waals surface area contributed by atoms with Crippen LogP contribution in [0, 0.1) is 11.3 Å². The second-order valence-electron chi connectivity index (χ2n) is 7.21. The molecule has 0 aliphatic carbocycles. The molecule has 1 N–H and O–H groups in total. The van der Waals surface area contributed by atoms with Gasteiger partial charge < -0.3 is 0 Å². The lowest BCUT2D eigenvalue weighted by atomic mass is 10.0. The van der Waals surface area contributed by atoms with Crippen molar-refractivity contribution < 1.29 is 8.42 Å². The van der Waals surface area contributed by atoms with Gasteiger partial charge in [-0.3, -0.25) is 0 Å². The highest BCUT2D eigenvalue weighted by atomic mass is 35.5. The molecule has 1 aromatic rings. The number of nitrogens with one attached hydrogen (secondary N) is 1. The molecule has 0 spiro atoms. The summed E-state index contributed by atoms with van der Waals surface area (Å²) in [5, 5.41) is 10.4. The third-order valence-electron chi connectivity index (χ3n) is 3.85. The number of nitrogens with zero attached hydrogens (tertiary/aromatic N) is 1. The molecule has 0 saturated carbocycles. The molecule has 1 atom stereocenters. The minimum absolute atomic E-state index is 0.0939.